The number of pyridine rings is 1. The number of aryl methyl sites for hydroxylation is 1. The second-order valence-electron chi connectivity index (χ2n) is 7.59. The fourth-order valence-corrected chi connectivity index (χ4v) is 3.16. The summed E-state index contributed by atoms with van der Waals surface area (Å²) in [6.07, 6.45) is 1.63. The molecule has 0 spiro atoms. The summed E-state index contributed by atoms with van der Waals surface area (Å²) >= 11 is 0. The number of amides is 1. The third kappa shape index (κ3) is 4.75. The van der Waals surface area contributed by atoms with Gasteiger partial charge in [0.1, 0.15) is 11.6 Å². The Morgan fingerprint density at radius 3 is 2.50 bits per heavy atom. The Morgan fingerprint density at radius 1 is 1.12 bits per heavy atom. The van der Waals surface area contributed by atoms with E-state index in [-0.39, 0.29) is 11.9 Å². The molecule has 0 unspecified atom stereocenters. The SMILES string of the molecule is Cc1cc(-c2nc(Oc3ccc(C(=O)N(C)C)cc3)nc(N3CCOCC3)n2)cnc1N. The molecule has 1 amide bonds. The molecule has 0 saturated carbocycles. The molecule has 0 bridgehead atoms. The van der Waals surface area contributed by atoms with Crippen LogP contribution in [0.25, 0.3) is 11.4 Å². The first-order valence-electron chi connectivity index (χ1n) is 10.2. The van der Waals surface area contributed by atoms with Crippen LogP contribution in [0.4, 0.5) is 11.8 Å². The van der Waals surface area contributed by atoms with Crippen molar-refractivity contribution in [2.45, 2.75) is 6.92 Å². The van der Waals surface area contributed by atoms with Crippen LogP contribution in [-0.4, -0.2) is 71.1 Å². The molecule has 10 nitrogen and oxygen atoms in total. The number of anilines is 2. The number of hydrogen-bond acceptors (Lipinski definition) is 9. The molecule has 2 aromatic heterocycles. The molecule has 166 valence electrons. The number of carbonyl (C=O) groups is 1. The van der Waals surface area contributed by atoms with E-state index in [1.807, 2.05) is 17.9 Å². The normalized spacial score (nSPS) is 13.7. The summed E-state index contributed by atoms with van der Waals surface area (Å²) in [6, 6.07) is 8.86. The average Bonchev–Trinajstić information content (AvgIpc) is 2.81. The highest BCUT2D eigenvalue weighted by atomic mass is 16.5. The molecule has 1 aliphatic rings. The van der Waals surface area contributed by atoms with Crippen molar-refractivity contribution in [2.75, 3.05) is 51.0 Å². The molecular weight excluding hydrogens is 410 g/mol. The van der Waals surface area contributed by atoms with E-state index >= 15 is 0 Å². The van der Waals surface area contributed by atoms with E-state index in [1.165, 1.54) is 4.90 Å². The fraction of sp³-hybridized carbons (Fsp3) is 0.318. The van der Waals surface area contributed by atoms with Gasteiger partial charge in [-0.25, -0.2) is 4.98 Å². The number of aromatic nitrogens is 4. The monoisotopic (exact) mass is 435 g/mol. The Bertz CT molecular complexity index is 1110. The Morgan fingerprint density at radius 2 is 1.84 bits per heavy atom. The van der Waals surface area contributed by atoms with Crippen molar-refractivity contribution in [3.8, 4) is 23.1 Å². The van der Waals surface area contributed by atoms with Gasteiger partial charge in [0.25, 0.3) is 5.91 Å². The van der Waals surface area contributed by atoms with Gasteiger partial charge in [-0.15, -0.1) is 0 Å². The summed E-state index contributed by atoms with van der Waals surface area (Å²) in [6.45, 7) is 4.42. The van der Waals surface area contributed by atoms with E-state index in [4.69, 9.17) is 15.2 Å². The Hall–Kier alpha value is -3.79. The Kier molecular flexibility index (Phi) is 6.13. The second-order valence-corrected chi connectivity index (χ2v) is 7.59. The minimum Gasteiger partial charge on any atom is -0.424 e. The summed E-state index contributed by atoms with van der Waals surface area (Å²) in [7, 11) is 3.42. The van der Waals surface area contributed by atoms with Gasteiger partial charge in [0, 0.05) is 44.5 Å². The zero-order valence-corrected chi connectivity index (χ0v) is 18.3. The average molecular weight is 435 g/mol. The first kappa shape index (κ1) is 21.4. The van der Waals surface area contributed by atoms with Crippen LogP contribution in [0, 0.1) is 6.92 Å². The van der Waals surface area contributed by atoms with Crippen LogP contribution < -0.4 is 15.4 Å². The summed E-state index contributed by atoms with van der Waals surface area (Å²) in [5, 5.41) is 0. The summed E-state index contributed by atoms with van der Waals surface area (Å²) in [5.41, 5.74) is 7.97. The van der Waals surface area contributed by atoms with Crippen LogP contribution in [-0.2, 0) is 4.74 Å². The number of carbonyl (C=O) groups excluding carboxylic acids is 1. The number of morpholine rings is 1. The number of benzene rings is 1. The molecule has 1 aliphatic heterocycles. The van der Waals surface area contributed by atoms with Crippen LogP contribution >= 0.6 is 0 Å². The predicted octanol–water partition coefficient (Wildman–Crippen LogP) is 2.15. The van der Waals surface area contributed by atoms with Gasteiger partial charge < -0.3 is 25.0 Å². The third-order valence-corrected chi connectivity index (χ3v) is 4.99. The van der Waals surface area contributed by atoms with Gasteiger partial charge in [-0.05, 0) is 42.8 Å². The molecule has 0 atom stereocenters. The van der Waals surface area contributed by atoms with Gasteiger partial charge in [0.15, 0.2) is 5.82 Å². The lowest BCUT2D eigenvalue weighted by atomic mass is 10.2. The van der Waals surface area contributed by atoms with Crippen LogP contribution in [0.1, 0.15) is 15.9 Å². The number of ether oxygens (including phenoxy) is 2. The van der Waals surface area contributed by atoms with Gasteiger partial charge in [0.05, 0.1) is 13.2 Å². The van der Waals surface area contributed by atoms with Gasteiger partial charge in [-0.3, -0.25) is 4.79 Å². The number of rotatable bonds is 5. The van der Waals surface area contributed by atoms with Crippen LogP contribution in [0.5, 0.6) is 11.8 Å². The molecule has 2 N–H and O–H groups in total. The highest BCUT2D eigenvalue weighted by molar-refractivity contribution is 5.93. The minimum atomic E-state index is -0.0835. The molecule has 32 heavy (non-hydrogen) atoms. The fourth-order valence-electron chi connectivity index (χ4n) is 3.16. The standard InChI is InChI=1S/C22H25N7O3/c1-14-12-16(13-24-18(14)23)19-25-21(29-8-10-31-11-9-29)27-22(26-19)32-17-6-4-15(5-7-17)20(30)28(2)3/h4-7,12-13H,8-11H2,1-3H3,(H2,23,24). The molecule has 1 aromatic carbocycles. The predicted molar refractivity (Wildman–Crippen MR) is 120 cm³/mol. The molecule has 1 fully saturated rings. The van der Waals surface area contributed by atoms with E-state index < -0.39 is 0 Å². The first-order chi connectivity index (χ1) is 15.4. The highest BCUT2D eigenvalue weighted by Crippen LogP contribution is 2.26. The first-order valence-corrected chi connectivity index (χ1v) is 10.2. The van der Waals surface area contributed by atoms with E-state index in [2.05, 4.69) is 19.9 Å². The van der Waals surface area contributed by atoms with Gasteiger partial charge >= 0.3 is 6.01 Å². The van der Waals surface area contributed by atoms with Crippen molar-refractivity contribution in [3.05, 3.63) is 47.7 Å². The number of nitrogen functional groups attached to an aromatic ring is 1. The molecule has 4 rings (SSSR count). The number of hydrogen-bond donors (Lipinski definition) is 1. The lowest BCUT2D eigenvalue weighted by Gasteiger charge is -2.27. The number of nitrogens with zero attached hydrogens (tertiary/aromatic N) is 6. The molecule has 0 radical (unpaired) electrons. The zero-order chi connectivity index (χ0) is 22.7. The van der Waals surface area contributed by atoms with E-state index in [0.29, 0.717) is 60.8 Å². The minimum absolute atomic E-state index is 0.0835. The van der Waals surface area contributed by atoms with Crippen molar-refractivity contribution in [3.63, 3.8) is 0 Å². The largest absolute Gasteiger partial charge is 0.424 e. The van der Waals surface area contributed by atoms with Gasteiger partial charge in [-0.1, -0.05) is 0 Å². The van der Waals surface area contributed by atoms with E-state index in [9.17, 15) is 4.79 Å². The maximum atomic E-state index is 12.1. The van der Waals surface area contributed by atoms with Crippen LogP contribution in [0.15, 0.2) is 36.5 Å². The van der Waals surface area contributed by atoms with Crippen molar-refractivity contribution in [1.29, 1.82) is 0 Å². The maximum Gasteiger partial charge on any atom is 0.327 e. The maximum absolute atomic E-state index is 12.1. The van der Waals surface area contributed by atoms with Gasteiger partial charge in [0.2, 0.25) is 5.95 Å². The molecule has 1 saturated heterocycles. The van der Waals surface area contributed by atoms with E-state index in [0.717, 1.165) is 5.56 Å². The summed E-state index contributed by atoms with van der Waals surface area (Å²) in [5.74, 6) is 1.82. The Labute approximate surface area is 186 Å². The smallest absolute Gasteiger partial charge is 0.327 e. The third-order valence-electron chi connectivity index (χ3n) is 4.99. The van der Waals surface area contributed by atoms with Crippen LogP contribution in [0.2, 0.25) is 0 Å². The lowest BCUT2D eigenvalue weighted by Crippen LogP contribution is -2.37. The quantitative estimate of drug-likeness (QED) is 0.643. The molecule has 3 aromatic rings. The van der Waals surface area contributed by atoms with Gasteiger partial charge in [-0.2, -0.15) is 15.0 Å². The summed E-state index contributed by atoms with van der Waals surface area (Å²) < 4.78 is 11.4. The number of nitrogens with two attached hydrogens (primary N) is 1. The second kappa shape index (κ2) is 9.15. The lowest BCUT2D eigenvalue weighted by molar-refractivity contribution is 0.0827. The van der Waals surface area contributed by atoms with Crippen molar-refractivity contribution < 1.29 is 14.3 Å². The molecule has 3 heterocycles. The van der Waals surface area contributed by atoms with Crippen LogP contribution in [0.3, 0.4) is 0 Å². The van der Waals surface area contributed by atoms with E-state index in [1.54, 1.807) is 44.6 Å². The highest BCUT2D eigenvalue weighted by Gasteiger charge is 2.19. The molecule has 10 heteroatoms. The topological polar surface area (TPSA) is 120 Å². The molecular formula is C22H25N7O3. The molecule has 0 aliphatic carbocycles. The van der Waals surface area contributed by atoms with Crippen molar-refractivity contribution in [2.24, 2.45) is 0 Å². The Balaban J connectivity index is 1.67. The summed E-state index contributed by atoms with van der Waals surface area (Å²) in [4.78, 5) is 33.5. The van der Waals surface area contributed by atoms with Crippen molar-refractivity contribution >= 4 is 17.7 Å². The van der Waals surface area contributed by atoms with Crippen molar-refractivity contribution in [1.82, 2.24) is 24.8 Å². The zero-order valence-electron chi connectivity index (χ0n) is 18.3.